The standard InChI is InChI=1S/C12H17ClN2/c1-10-9-11(13)3-4-12(10)15-7-2-5-14-6-8-15/h3-4,9,14H,2,5-8H2,1H3. The quantitative estimate of drug-likeness (QED) is 0.789. The van der Waals surface area contributed by atoms with Crippen LogP contribution in [0.15, 0.2) is 18.2 Å². The van der Waals surface area contributed by atoms with Gasteiger partial charge in [-0.25, -0.2) is 0 Å². The number of hydrogen-bond donors (Lipinski definition) is 1. The van der Waals surface area contributed by atoms with Gasteiger partial charge in [-0.3, -0.25) is 0 Å². The van der Waals surface area contributed by atoms with E-state index in [4.69, 9.17) is 11.6 Å². The highest BCUT2D eigenvalue weighted by atomic mass is 35.5. The Bertz CT molecular complexity index is 330. The smallest absolute Gasteiger partial charge is 0.0410 e. The zero-order valence-corrected chi connectivity index (χ0v) is 9.85. The Morgan fingerprint density at radius 3 is 2.93 bits per heavy atom. The molecule has 0 spiro atoms. The van der Waals surface area contributed by atoms with Gasteiger partial charge in [0.25, 0.3) is 0 Å². The molecule has 0 radical (unpaired) electrons. The van der Waals surface area contributed by atoms with E-state index in [1.165, 1.54) is 17.7 Å². The van der Waals surface area contributed by atoms with Crippen LogP contribution in [-0.2, 0) is 0 Å². The number of nitrogens with one attached hydrogen (secondary N) is 1. The van der Waals surface area contributed by atoms with Gasteiger partial charge in [0.15, 0.2) is 0 Å². The van der Waals surface area contributed by atoms with E-state index in [1.807, 2.05) is 12.1 Å². The van der Waals surface area contributed by atoms with Crippen molar-refractivity contribution in [3.63, 3.8) is 0 Å². The lowest BCUT2D eigenvalue weighted by Crippen LogP contribution is -2.28. The van der Waals surface area contributed by atoms with Crippen molar-refractivity contribution in [2.75, 3.05) is 31.1 Å². The number of rotatable bonds is 1. The molecule has 15 heavy (non-hydrogen) atoms. The van der Waals surface area contributed by atoms with Crippen LogP contribution in [0, 0.1) is 6.92 Å². The average molecular weight is 225 g/mol. The van der Waals surface area contributed by atoms with Crippen molar-refractivity contribution in [3.05, 3.63) is 28.8 Å². The second-order valence-electron chi connectivity index (χ2n) is 4.02. The normalized spacial score (nSPS) is 17.6. The van der Waals surface area contributed by atoms with E-state index in [1.54, 1.807) is 0 Å². The Labute approximate surface area is 96.2 Å². The molecule has 0 bridgehead atoms. The third-order valence-electron chi connectivity index (χ3n) is 2.84. The van der Waals surface area contributed by atoms with Crippen molar-refractivity contribution in [2.45, 2.75) is 13.3 Å². The number of benzene rings is 1. The summed E-state index contributed by atoms with van der Waals surface area (Å²) in [5.41, 5.74) is 2.59. The fourth-order valence-corrected chi connectivity index (χ4v) is 2.29. The largest absolute Gasteiger partial charge is 0.370 e. The minimum Gasteiger partial charge on any atom is -0.370 e. The summed E-state index contributed by atoms with van der Waals surface area (Å²) in [4.78, 5) is 2.44. The van der Waals surface area contributed by atoms with Crippen LogP contribution < -0.4 is 10.2 Å². The van der Waals surface area contributed by atoms with E-state index < -0.39 is 0 Å². The van der Waals surface area contributed by atoms with Crippen LogP contribution >= 0.6 is 11.6 Å². The summed E-state index contributed by atoms with van der Waals surface area (Å²) >= 11 is 5.96. The van der Waals surface area contributed by atoms with Gasteiger partial charge >= 0.3 is 0 Å². The Morgan fingerprint density at radius 2 is 2.13 bits per heavy atom. The monoisotopic (exact) mass is 224 g/mol. The van der Waals surface area contributed by atoms with E-state index in [2.05, 4.69) is 23.2 Å². The van der Waals surface area contributed by atoms with Gasteiger partial charge in [-0.2, -0.15) is 0 Å². The van der Waals surface area contributed by atoms with Gasteiger partial charge in [0.1, 0.15) is 0 Å². The molecule has 0 unspecified atom stereocenters. The first-order valence-electron chi connectivity index (χ1n) is 5.49. The molecule has 0 saturated carbocycles. The summed E-state index contributed by atoms with van der Waals surface area (Å²) < 4.78 is 0. The number of anilines is 1. The summed E-state index contributed by atoms with van der Waals surface area (Å²) in [5, 5.41) is 4.23. The molecule has 2 rings (SSSR count). The molecule has 1 N–H and O–H groups in total. The number of hydrogen-bond acceptors (Lipinski definition) is 2. The summed E-state index contributed by atoms with van der Waals surface area (Å²) in [7, 11) is 0. The minimum absolute atomic E-state index is 0.823. The summed E-state index contributed by atoms with van der Waals surface area (Å²) in [5.74, 6) is 0. The topological polar surface area (TPSA) is 15.3 Å². The number of halogens is 1. The van der Waals surface area contributed by atoms with Crippen molar-refractivity contribution in [2.24, 2.45) is 0 Å². The fourth-order valence-electron chi connectivity index (χ4n) is 2.06. The molecular formula is C12H17ClN2. The van der Waals surface area contributed by atoms with Gasteiger partial charge < -0.3 is 10.2 Å². The maximum absolute atomic E-state index is 5.96. The third-order valence-corrected chi connectivity index (χ3v) is 3.07. The van der Waals surface area contributed by atoms with Crippen molar-refractivity contribution in [3.8, 4) is 0 Å². The highest BCUT2D eigenvalue weighted by Gasteiger charge is 2.11. The minimum atomic E-state index is 0.823. The van der Waals surface area contributed by atoms with E-state index >= 15 is 0 Å². The third kappa shape index (κ3) is 2.64. The SMILES string of the molecule is Cc1cc(Cl)ccc1N1CCCNCC1. The number of aryl methyl sites for hydroxylation is 1. The van der Waals surface area contributed by atoms with Crippen molar-refractivity contribution < 1.29 is 0 Å². The van der Waals surface area contributed by atoms with Gasteiger partial charge in [-0.1, -0.05) is 11.6 Å². The lowest BCUT2D eigenvalue weighted by Gasteiger charge is -2.24. The molecule has 3 heteroatoms. The molecule has 1 aromatic carbocycles. The maximum atomic E-state index is 5.96. The Kier molecular flexibility index (Phi) is 3.49. The zero-order chi connectivity index (χ0) is 10.7. The molecule has 1 fully saturated rings. The molecule has 0 atom stereocenters. The van der Waals surface area contributed by atoms with Crippen LogP contribution in [0.25, 0.3) is 0 Å². The molecule has 1 aromatic rings. The molecule has 0 aliphatic carbocycles. The van der Waals surface area contributed by atoms with Crippen LogP contribution in [0.2, 0.25) is 5.02 Å². The molecule has 1 aliphatic heterocycles. The lowest BCUT2D eigenvalue weighted by atomic mass is 10.1. The predicted molar refractivity (Wildman–Crippen MR) is 65.9 cm³/mol. The summed E-state index contributed by atoms with van der Waals surface area (Å²) in [6.45, 7) is 6.54. The molecule has 82 valence electrons. The van der Waals surface area contributed by atoms with E-state index in [-0.39, 0.29) is 0 Å². The Morgan fingerprint density at radius 1 is 1.27 bits per heavy atom. The Hall–Kier alpha value is -0.730. The first-order chi connectivity index (χ1) is 7.27. The van der Waals surface area contributed by atoms with Gasteiger partial charge in [0, 0.05) is 30.3 Å². The highest BCUT2D eigenvalue weighted by Crippen LogP contribution is 2.23. The van der Waals surface area contributed by atoms with E-state index in [0.29, 0.717) is 0 Å². The van der Waals surface area contributed by atoms with Gasteiger partial charge in [-0.05, 0) is 43.7 Å². The highest BCUT2D eigenvalue weighted by molar-refractivity contribution is 6.30. The molecule has 2 nitrogen and oxygen atoms in total. The molecule has 1 saturated heterocycles. The fraction of sp³-hybridized carbons (Fsp3) is 0.500. The van der Waals surface area contributed by atoms with Crippen molar-refractivity contribution in [1.82, 2.24) is 5.32 Å². The second kappa shape index (κ2) is 4.86. The van der Waals surface area contributed by atoms with Gasteiger partial charge in [-0.15, -0.1) is 0 Å². The molecule has 1 aliphatic rings. The first kappa shape index (κ1) is 10.8. The predicted octanol–water partition coefficient (Wildman–Crippen LogP) is 2.45. The van der Waals surface area contributed by atoms with Crippen LogP contribution in [-0.4, -0.2) is 26.2 Å². The average Bonchev–Trinajstić information content (AvgIpc) is 2.46. The first-order valence-corrected chi connectivity index (χ1v) is 5.87. The van der Waals surface area contributed by atoms with Crippen LogP contribution in [0.5, 0.6) is 0 Å². The zero-order valence-electron chi connectivity index (χ0n) is 9.09. The van der Waals surface area contributed by atoms with E-state index in [0.717, 1.165) is 31.2 Å². The molecule has 0 amide bonds. The van der Waals surface area contributed by atoms with Crippen LogP contribution in [0.1, 0.15) is 12.0 Å². The van der Waals surface area contributed by atoms with Crippen LogP contribution in [0.3, 0.4) is 0 Å². The molecule has 1 heterocycles. The Balaban J connectivity index is 2.19. The molecule has 0 aromatic heterocycles. The van der Waals surface area contributed by atoms with Crippen molar-refractivity contribution >= 4 is 17.3 Å². The summed E-state index contributed by atoms with van der Waals surface area (Å²) in [6.07, 6.45) is 1.21. The van der Waals surface area contributed by atoms with Gasteiger partial charge in [0.05, 0.1) is 0 Å². The lowest BCUT2D eigenvalue weighted by molar-refractivity contribution is 0.724. The maximum Gasteiger partial charge on any atom is 0.0410 e. The van der Waals surface area contributed by atoms with E-state index in [9.17, 15) is 0 Å². The van der Waals surface area contributed by atoms with Gasteiger partial charge in [0.2, 0.25) is 0 Å². The summed E-state index contributed by atoms with van der Waals surface area (Å²) in [6, 6.07) is 6.14. The second-order valence-corrected chi connectivity index (χ2v) is 4.46. The van der Waals surface area contributed by atoms with Crippen LogP contribution in [0.4, 0.5) is 5.69 Å². The number of nitrogens with zero attached hydrogens (tertiary/aromatic N) is 1. The molecular weight excluding hydrogens is 208 g/mol. The van der Waals surface area contributed by atoms with Crippen molar-refractivity contribution in [1.29, 1.82) is 0 Å².